The highest BCUT2D eigenvalue weighted by atomic mass is 16.5. The summed E-state index contributed by atoms with van der Waals surface area (Å²) in [5.41, 5.74) is 0. The normalized spacial score (nSPS) is 20.8. The highest BCUT2D eigenvalue weighted by molar-refractivity contribution is 4.80. The van der Waals surface area contributed by atoms with Crippen LogP contribution in [-0.4, -0.2) is 25.8 Å². The van der Waals surface area contributed by atoms with Crippen LogP contribution in [0.2, 0.25) is 0 Å². The predicted octanol–water partition coefficient (Wildman–Crippen LogP) is 2.19. The molecule has 0 heterocycles. The van der Waals surface area contributed by atoms with Crippen LogP contribution in [-0.2, 0) is 4.74 Å². The first-order chi connectivity index (χ1) is 6.38. The highest BCUT2D eigenvalue weighted by Gasteiger charge is 2.23. The standard InChI is InChI=1S/C11H23NO/c1-3-12-11(9-13-4-2)10-7-5-6-8-10/h10-12H,3-9H2,1-2H3. The Bertz CT molecular complexity index is 121. The lowest BCUT2D eigenvalue weighted by Gasteiger charge is -2.23. The lowest BCUT2D eigenvalue weighted by atomic mass is 9.99. The van der Waals surface area contributed by atoms with Gasteiger partial charge in [0.15, 0.2) is 0 Å². The third-order valence-corrected chi connectivity index (χ3v) is 2.94. The lowest BCUT2D eigenvalue weighted by Crippen LogP contribution is -2.39. The monoisotopic (exact) mass is 185 g/mol. The van der Waals surface area contributed by atoms with E-state index in [0.29, 0.717) is 6.04 Å². The minimum atomic E-state index is 0.604. The average Bonchev–Trinajstić information content (AvgIpc) is 2.65. The molecule has 1 saturated carbocycles. The zero-order valence-corrected chi connectivity index (χ0v) is 9.01. The van der Waals surface area contributed by atoms with E-state index in [1.807, 2.05) is 0 Å². The van der Waals surface area contributed by atoms with Crippen LogP contribution in [0, 0.1) is 5.92 Å². The molecule has 0 aromatic rings. The molecule has 1 atom stereocenters. The van der Waals surface area contributed by atoms with Crippen LogP contribution < -0.4 is 5.32 Å². The molecule has 0 aliphatic heterocycles. The number of ether oxygens (including phenoxy) is 1. The van der Waals surface area contributed by atoms with E-state index in [9.17, 15) is 0 Å². The van der Waals surface area contributed by atoms with Gasteiger partial charge in [0.25, 0.3) is 0 Å². The van der Waals surface area contributed by atoms with E-state index in [1.54, 1.807) is 0 Å². The molecular formula is C11H23NO. The topological polar surface area (TPSA) is 21.3 Å². The van der Waals surface area contributed by atoms with Crippen molar-refractivity contribution in [2.45, 2.75) is 45.6 Å². The zero-order chi connectivity index (χ0) is 9.52. The average molecular weight is 185 g/mol. The first-order valence-corrected chi connectivity index (χ1v) is 5.69. The van der Waals surface area contributed by atoms with Gasteiger partial charge in [-0.15, -0.1) is 0 Å². The van der Waals surface area contributed by atoms with Gasteiger partial charge in [-0.25, -0.2) is 0 Å². The quantitative estimate of drug-likeness (QED) is 0.685. The maximum Gasteiger partial charge on any atom is 0.0622 e. The molecular weight excluding hydrogens is 162 g/mol. The second-order valence-corrected chi connectivity index (χ2v) is 3.87. The number of hydrogen-bond acceptors (Lipinski definition) is 2. The van der Waals surface area contributed by atoms with E-state index in [-0.39, 0.29) is 0 Å². The molecule has 0 saturated heterocycles. The number of hydrogen-bond donors (Lipinski definition) is 1. The third-order valence-electron chi connectivity index (χ3n) is 2.94. The van der Waals surface area contributed by atoms with Crippen LogP contribution in [0.5, 0.6) is 0 Å². The van der Waals surface area contributed by atoms with Gasteiger partial charge in [0.1, 0.15) is 0 Å². The predicted molar refractivity (Wildman–Crippen MR) is 55.9 cm³/mol. The summed E-state index contributed by atoms with van der Waals surface area (Å²) in [6, 6.07) is 0.604. The molecule has 2 heteroatoms. The van der Waals surface area contributed by atoms with Gasteiger partial charge in [0, 0.05) is 12.6 Å². The Balaban J connectivity index is 2.26. The van der Waals surface area contributed by atoms with E-state index >= 15 is 0 Å². The molecule has 2 nitrogen and oxygen atoms in total. The van der Waals surface area contributed by atoms with Gasteiger partial charge in [0.2, 0.25) is 0 Å². The fourth-order valence-electron chi connectivity index (χ4n) is 2.23. The van der Waals surface area contributed by atoms with Crippen molar-refractivity contribution >= 4 is 0 Å². The van der Waals surface area contributed by atoms with Crippen molar-refractivity contribution in [1.29, 1.82) is 0 Å². The maximum absolute atomic E-state index is 5.50. The molecule has 1 unspecified atom stereocenters. The molecule has 0 spiro atoms. The summed E-state index contributed by atoms with van der Waals surface area (Å²) in [7, 11) is 0. The van der Waals surface area contributed by atoms with Crippen molar-refractivity contribution < 1.29 is 4.74 Å². The van der Waals surface area contributed by atoms with Crippen molar-refractivity contribution in [2.75, 3.05) is 19.8 Å². The molecule has 0 radical (unpaired) electrons. The second kappa shape index (κ2) is 6.39. The van der Waals surface area contributed by atoms with Crippen molar-refractivity contribution in [3.8, 4) is 0 Å². The first-order valence-electron chi connectivity index (χ1n) is 5.69. The zero-order valence-electron chi connectivity index (χ0n) is 9.01. The molecule has 0 amide bonds. The summed E-state index contributed by atoms with van der Waals surface area (Å²) in [4.78, 5) is 0. The van der Waals surface area contributed by atoms with Gasteiger partial charge in [-0.1, -0.05) is 19.8 Å². The van der Waals surface area contributed by atoms with Crippen LogP contribution in [0.4, 0.5) is 0 Å². The van der Waals surface area contributed by atoms with Gasteiger partial charge in [-0.2, -0.15) is 0 Å². The Morgan fingerprint density at radius 3 is 2.54 bits per heavy atom. The van der Waals surface area contributed by atoms with Crippen LogP contribution in [0.3, 0.4) is 0 Å². The highest BCUT2D eigenvalue weighted by Crippen LogP contribution is 2.27. The van der Waals surface area contributed by atoms with Crippen molar-refractivity contribution in [3.63, 3.8) is 0 Å². The molecule has 1 aliphatic carbocycles. The Morgan fingerprint density at radius 1 is 1.31 bits per heavy atom. The van der Waals surface area contributed by atoms with Crippen LogP contribution >= 0.6 is 0 Å². The largest absolute Gasteiger partial charge is 0.380 e. The van der Waals surface area contributed by atoms with E-state index in [1.165, 1.54) is 25.7 Å². The molecule has 0 bridgehead atoms. The number of rotatable bonds is 6. The summed E-state index contributed by atoms with van der Waals surface area (Å²) >= 11 is 0. The fourth-order valence-corrected chi connectivity index (χ4v) is 2.23. The summed E-state index contributed by atoms with van der Waals surface area (Å²) in [6.07, 6.45) is 5.62. The van der Waals surface area contributed by atoms with E-state index < -0.39 is 0 Å². The Kier molecular flexibility index (Phi) is 5.40. The maximum atomic E-state index is 5.50. The molecule has 1 rings (SSSR count). The smallest absolute Gasteiger partial charge is 0.0622 e. The Labute approximate surface area is 82.0 Å². The first kappa shape index (κ1) is 11.0. The van der Waals surface area contributed by atoms with Crippen LogP contribution in [0.15, 0.2) is 0 Å². The van der Waals surface area contributed by atoms with Gasteiger partial charge >= 0.3 is 0 Å². The summed E-state index contributed by atoms with van der Waals surface area (Å²) in [5, 5.41) is 3.53. The van der Waals surface area contributed by atoms with E-state index in [0.717, 1.165) is 25.7 Å². The SMILES string of the molecule is CCNC(COCC)C1CCCC1. The molecule has 1 N–H and O–H groups in total. The Hall–Kier alpha value is -0.0800. The minimum absolute atomic E-state index is 0.604. The molecule has 0 aromatic carbocycles. The number of likely N-dealkylation sites (N-methyl/N-ethyl adjacent to an activating group) is 1. The van der Waals surface area contributed by atoms with Gasteiger partial charge < -0.3 is 10.1 Å². The van der Waals surface area contributed by atoms with Gasteiger partial charge in [-0.3, -0.25) is 0 Å². The fraction of sp³-hybridized carbons (Fsp3) is 1.00. The van der Waals surface area contributed by atoms with E-state index in [4.69, 9.17) is 4.74 Å². The van der Waals surface area contributed by atoms with Crippen molar-refractivity contribution in [2.24, 2.45) is 5.92 Å². The molecule has 0 aromatic heterocycles. The van der Waals surface area contributed by atoms with Gasteiger partial charge in [0.05, 0.1) is 6.61 Å². The molecule has 13 heavy (non-hydrogen) atoms. The summed E-state index contributed by atoms with van der Waals surface area (Å²) < 4.78 is 5.50. The molecule has 78 valence electrons. The lowest BCUT2D eigenvalue weighted by molar-refractivity contribution is 0.104. The van der Waals surface area contributed by atoms with Crippen LogP contribution in [0.25, 0.3) is 0 Å². The Morgan fingerprint density at radius 2 is 2.00 bits per heavy atom. The molecule has 1 fully saturated rings. The minimum Gasteiger partial charge on any atom is -0.380 e. The number of nitrogens with one attached hydrogen (secondary N) is 1. The molecule has 1 aliphatic rings. The summed E-state index contributed by atoms with van der Waals surface area (Å²) in [6.45, 7) is 7.05. The van der Waals surface area contributed by atoms with Gasteiger partial charge in [-0.05, 0) is 32.2 Å². The van der Waals surface area contributed by atoms with Crippen LogP contribution in [0.1, 0.15) is 39.5 Å². The van der Waals surface area contributed by atoms with Crippen molar-refractivity contribution in [3.05, 3.63) is 0 Å². The summed E-state index contributed by atoms with van der Waals surface area (Å²) in [5.74, 6) is 0.867. The second-order valence-electron chi connectivity index (χ2n) is 3.87. The van der Waals surface area contributed by atoms with Crippen molar-refractivity contribution in [1.82, 2.24) is 5.32 Å². The third kappa shape index (κ3) is 3.65. The van der Waals surface area contributed by atoms with E-state index in [2.05, 4.69) is 19.2 Å².